The standard InChI is InChI=1S/C10H22N2O2S/c1-4-9(7-15-3)12-10(14)11-8(2)5-6-13/h8-9,13H,4-7H2,1-3H3,(H2,11,12,14). The Morgan fingerprint density at radius 2 is 2.13 bits per heavy atom. The molecule has 3 N–H and O–H groups in total. The maximum absolute atomic E-state index is 11.5. The molecular weight excluding hydrogens is 212 g/mol. The Hall–Kier alpha value is -0.420. The van der Waals surface area contributed by atoms with Crippen LogP contribution in [0.15, 0.2) is 0 Å². The largest absolute Gasteiger partial charge is 0.396 e. The first-order chi connectivity index (χ1) is 7.13. The van der Waals surface area contributed by atoms with Crippen LogP contribution in [0.25, 0.3) is 0 Å². The van der Waals surface area contributed by atoms with Gasteiger partial charge >= 0.3 is 6.03 Å². The summed E-state index contributed by atoms with van der Waals surface area (Å²) < 4.78 is 0. The summed E-state index contributed by atoms with van der Waals surface area (Å²) in [6, 6.07) is 0.0972. The number of urea groups is 1. The fourth-order valence-electron chi connectivity index (χ4n) is 1.18. The molecule has 0 aliphatic carbocycles. The van der Waals surface area contributed by atoms with E-state index in [9.17, 15) is 4.79 Å². The van der Waals surface area contributed by atoms with E-state index in [1.807, 2.05) is 13.2 Å². The Morgan fingerprint density at radius 1 is 1.47 bits per heavy atom. The number of carbonyl (C=O) groups excluding carboxylic acids is 1. The fourth-order valence-corrected chi connectivity index (χ4v) is 1.90. The number of hydrogen-bond donors (Lipinski definition) is 3. The van der Waals surface area contributed by atoms with Crippen molar-refractivity contribution in [2.75, 3.05) is 18.6 Å². The molecule has 0 rings (SSSR count). The van der Waals surface area contributed by atoms with Crippen molar-refractivity contribution >= 4 is 17.8 Å². The first kappa shape index (κ1) is 14.6. The van der Waals surface area contributed by atoms with Crippen molar-refractivity contribution in [1.82, 2.24) is 10.6 Å². The molecule has 0 fully saturated rings. The zero-order chi connectivity index (χ0) is 11.7. The molecule has 0 saturated heterocycles. The quantitative estimate of drug-likeness (QED) is 0.620. The number of carbonyl (C=O) groups is 1. The Morgan fingerprint density at radius 3 is 2.60 bits per heavy atom. The van der Waals surface area contributed by atoms with Crippen molar-refractivity contribution in [2.45, 2.75) is 38.8 Å². The first-order valence-electron chi connectivity index (χ1n) is 5.30. The summed E-state index contributed by atoms with van der Waals surface area (Å²) in [5.41, 5.74) is 0. The summed E-state index contributed by atoms with van der Waals surface area (Å²) in [6.45, 7) is 4.03. The maximum atomic E-state index is 11.5. The zero-order valence-corrected chi connectivity index (χ0v) is 10.6. The molecule has 2 atom stereocenters. The lowest BCUT2D eigenvalue weighted by Crippen LogP contribution is -2.46. The predicted molar refractivity (Wildman–Crippen MR) is 65.3 cm³/mol. The summed E-state index contributed by atoms with van der Waals surface area (Å²) in [5, 5.41) is 14.4. The van der Waals surface area contributed by atoms with E-state index in [-0.39, 0.29) is 24.7 Å². The van der Waals surface area contributed by atoms with E-state index in [0.29, 0.717) is 6.42 Å². The summed E-state index contributed by atoms with van der Waals surface area (Å²) in [6.07, 6.45) is 3.55. The van der Waals surface area contributed by atoms with Gasteiger partial charge in [0.15, 0.2) is 0 Å². The number of hydrogen-bond acceptors (Lipinski definition) is 3. The molecule has 0 heterocycles. The van der Waals surface area contributed by atoms with Gasteiger partial charge in [0.05, 0.1) is 0 Å². The van der Waals surface area contributed by atoms with Crippen LogP contribution in [0.2, 0.25) is 0 Å². The van der Waals surface area contributed by atoms with E-state index in [0.717, 1.165) is 12.2 Å². The molecule has 0 aromatic heterocycles. The molecule has 15 heavy (non-hydrogen) atoms. The van der Waals surface area contributed by atoms with Gasteiger partial charge in [-0.15, -0.1) is 0 Å². The molecule has 90 valence electrons. The summed E-state index contributed by atoms with van der Waals surface area (Å²) in [7, 11) is 0. The lowest BCUT2D eigenvalue weighted by atomic mass is 10.2. The average Bonchev–Trinajstić information content (AvgIpc) is 2.17. The van der Waals surface area contributed by atoms with Crippen LogP contribution in [0.1, 0.15) is 26.7 Å². The number of thioether (sulfide) groups is 1. The molecule has 0 aromatic carbocycles. The second-order valence-corrected chi connectivity index (χ2v) is 4.50. The zero-order valence-electron chi connectivity index (χ0n) is 9.75. The number of nitrogens with one attached hydrogen (secondary N) is 2. The molecule has 2 unspecified atom stereocenters. The molecule has 0 aliphatic rings. The average molecular weight is 234 g/mol. The highest BCUT2D eigenvalue weighted by Crippen LogP contribution is 2.00. The van der Waals surface area contributed by atoms with E-state index in [1.165, 1.54) is 0 Å². The van der Waals surface area contributed by atoms with Gasteiger partial charge < -0.3 is 15.7 Å². The molecular formula is C10H22N2O2S. The lowest BCUT2D eigenvalue weighted by molar-refractivity contribution is 0.228. The van der Waals surface area contributed by atoms with Crippen LogP contribution >= 0.6 is 11.8 Å². The van der Waals surface area contributed by atoms with Gasteiger partial charge in [0, 0.05) is 24.4 Å². The van der Waals surface area contributed by atoms with Gasteiger partial charge in [0.2, 0.25) is 0 Å². The summed E-state index contributed by atoms with van der Waals surface area (Å²) >= 11 is 1.72. The van der Waals surface area contributed by atoms with Crippen molar-refractivity contribution in [2.24, 2.45) is 0 Å². The van der Waals surface area contributed by atoms with Gasteiger partial charge in [0.25, 0.3) is 0 Å². The van der Waals surface area contributed by atoms with Gasteiger partial charge in [-0.05, 0) is 26.0 Å². The molecule has 5 heteroatoms. The van der Waals surface area contributed by atoms with Gasteiger partial charge in [-0.2, -0.15) is 11.8 Å². The van der Waals surface area contributed by atoms with Crippen molar-refractivity contribution in [1.29, 1.82) is 0 Å². The van der Waals surface area contributed by atoms with Crippen LogP contribution in [0, 0.1) is 0 Å². The monoisotopic (exact) mass is 234 g/mol. The van der Waals surface area contributed by atoms with Crippen LogP contribution in [0.5, 0.6) is 0 Å². The van der Waals surface area contributed by atoms with Crippen molar-refractivity contribution in [3.05, 3.63) is 0 Å². The third-order valence-electron chi connectivity index (χ3n) is 2.14. The molecule has 0 spiro atoms. The van der Waals surface area contributed by atoms with Crippen molar-refractivity contribution in [3.8, 4) is 0 Å². The molecule has 0 aliphatic heterocycles. The van der Waals surface area contributed by atoms with E-state index in [1.54, 1.807) is 11.8 Å². The van der Waals surface area contributed by atoms with E-state index in [2.05, 4.69) is 17.6 Å². The topological polar surface area (TPSA) is 61.4 Å². The molecule has 2 amide bonds. The van der Waals surface area contributed by atoms with Gasteiger partial charge in [0.1, 0.15) is 0 Å². The number of aliphatic hydroxyl groups excluding tert-OH is 1. The van der Waals surface area contributed by atoms with E-state index < -0.39 is 0 Å². The highest BCUT2D eigenvalue weighted by molar-refractivity contribution is 7.98. The Labute approximate surface area is 96.2 Å². The number of rotatable bonds is 7. The van der Waals surface area contributed by atoms with Crippen LogP contribution in [-0.4, -0.2) is 41.8 Å². The molecule has 0 aromatic rings. The Bertz CT molecular complexity index is 179. The van der Waals surface area contributed by atoms with Crippen LogP contribution in [0.3, 0.4) is 0 Å². The second-order valence-electron chi connectivity index (χ2n) is 3.59. The normalized spacial score (nSPS) is 14.4. The summed E-state index contributed by atoms with van der Waals surface area (Å²) in [5.74, 6) is 0.929. The van der Waals surface area contributed by atoms with E-state index >= 15 is 0 Å². The smallest absolute Gasteiger partial charge is 0.315 e. The minimum absolute atomic E-state index is 0.0155. The lowest BCUT2D eigenvalue weighted by Gasteiger charge is -2.18. The van der Waals surface area contributed by atoms with Crippen molar-refractivity contribution in [3.63, 3.8) is 0 Å². The van der Waals surface area contributed by atoms with Gasteiger partial charge in [-0.25, -0.2) is 4.79 Å². The van der Waals surface area contributed by atoms with Crippen LogP contribution in [-0.2, 0) is 0 Å². The third kappa shape index (κ3) is 7.50. The summed E-state index contributed by atoms with van der Waals surface area (Å²) in [4.78, 5) is 11.5. The fraction of sp³-hybridized carbons (Fsp3) is 0.900. The van der Waals surface area contributed by atoms with Crippen LogP contribution in [0.4, 0.5) is 4.79 Å². The predicted octanol–water partition coefficient (Wildman–Crippen LogP) is 1.20. The van der Waals surface area contributed by atoms with Gasteiger partial charge in [-0.3, -0.25) is 0 Å². The van der Waals surface area contributed by atoms with Gasteiger partial charge in [-0.1, -0.05) is 6.92 Å². The highest BCUT2D eigenvalue weighted by atomic mass is 32.2. The number of amides is 2. The minimum Gasteiger partial charge on any atom is -0.396 e. The SMILES string of the molecule is CCC(CSC)NC(=O)NC(C)CCO. The Kier molecular flexibility index (Phi) is 8.61. The number of aliphatic hydroxyl groups is 1. The molecule has 0 saturated carbocycles. The van der Waals surface area contributed by atoms with Crippen molar-refractivity contribution < 1.29 is 9.90 Å². The Balaban J connectivity index is 3.79. The second kappa shape index (κ2) is 8.85. The molecule has 0 radical (unpaired) electrons. The molecule has 0 bridgehead atoms. The first-order valence-corrected chi connectivity index (χ1v) is 6.70. The molecule has 4 nitrogen and oxygen atoms in total. The minimum atomic E-state index is -0.142. The van der Waals surface area contributed by atoms with E-state index in [4.69, 9.17) is 5.11 Å². The van der Waals surface area contributed by atoms with Crippen LogP contribution < -0.4 is 10.6 Å². The highest BCUT2D eigenvalue weighted by Gasteiger charge is 2.11. The third-order valence-corrected chi connectivity index (χ3v) is 2.87. The maximum Gasteiger partial charge on any atom is 0.315 e.